The number of nitrogens with zero attached hydrogens (tertiary/aromatic N) is 2. The van der Waals surface area contributed by atoms with Gasteiger partial charge in [-0.25, -0.2) is 9.78 Å². The summed E-state index contributed by atoms with van der Waals surface area (Å²) in [6.45, 7) is 3.09. The summed E-state index contributed by atoms with van der Waals surface area (Å²) < 4.78 is 4.80. The fraction of sp³-hybridized carbons (Fsp3) is 0.174. The molecule has 2 aromatic carbocycles. The van der Waals surface area contributed by atoms with Crippen LogP contribution in [0.4, 0.5) is 11.5 Å². The molecule has 0 saturated heterocycles. The minimum absolute atomic E-state index is 0.0784. The molecule has 6 heteroatoms. The number of hydrogen-bond acceptors (Lipinski definition) is 5. The molecule has 6 nitrogen and oxygen atoms in total. The van der Waals surface area contributed by atoms with E-state index in [4.69, 9.17) is 4.74 Å². The van der Waals surface area contributed by atoms with Crippen LogP contribution in [-0.2, 0) is 11.3 Å². The lowest BCUT2D eigenvalue weighted by atomic mass is 10.1. The molecule has 1 N–H and O–H groups in total. The molecule has 0 atom stereocenters. The minimum Gasteiger partial charge on any atom is -0.465 e. The molecular formula is C23H23N3O3. The molecule has 3 aromatic rings. The van der Waals surface area contributed by atoms with Crippen LogP contribution in [0, 0.1) is 0 Å². The summed E-state index contributed by atoms with van der Waals surface area (Å²) in [5.74, 6) is 0.0220. The molecule has 0 aliphatic carbocycles. The topological polar surface area (TPSA) is 71.5 Å². The zero-order chi connectivity index (χ0) is 20.6. The van der Waals surface area contributed by atoms with Crippen molar-refractivity contribution < 1.29 is 14.3 Å². The molecule has 0 saturated carbocycles. The van der Waals surface area contributed by atoms with Gasteiger partial charge < -0.3 is 15.0 Å². The normalized spacial score (nSPS) is 10.3. The Labute approximate surface area is 170 Å². The first-order chi connectivity index (χ1) is 14.1. The van der Waals surface area contributed by atoms with Crippen molar-refractivity contribution >= 4 is 23.4 Å². The quantitative estimate of drug-likeness (QED) is 0.611. The van der Waals surface area contributed by atoms with Crippen LogP contribution < -0.4 is 5.32 Å². The number of amides is 1. The molecule has 0 bridgehead atoms. The highest BCUT2D eigenvalue weighted by Gasteiger charge is 2.16. The van der Waals surface area contributed by atoms with E-state index in [-0.39, 0.29) is 5.91 Å². The van der Waals surface area contributed by atoms with Gasteiger partial charge in [0.05, 0.1) is 23.9 Å². The highest BCUT2D eigenvalue weighted by molar-refractivity contribution is 5.96. The van der Waals surface area contributed by atoms with E-state index in [1.807, 2.05) is 43.3 Å². The molecule has 1 aromatic heterocycles. The lowest BCUT2D eigenvalue weighted by molar-refractivity contribution is 0.0601. The molecular weight excluding hydrogens is 366 g/mol. The maximum atomic E-state index is 12.8. The van der Waals surface area contributed by atoms with Crippen LogP contribution in [0.1, 0.15) is 33.2 Å². The first-order valence-electron chi connectivity index (χ1n) is 9.36. The largest absolute Gasteiger partial charge is 0.465 e. The highest BCUT2D eigenvalue weighted by Crippen LogP contribution is 2.21. The van der Waals surface area contributed by atoms with Gasteiger partial charge in [0, 0.05) is 19.3 Å². The van der Waals surface area contributed by atoms with Crippen LogP contribution in [-0.4, -0.2) is 35.4 Å². The van der Waals surface area contributed by atoms with Crippen molar-refractivity contribution in [2.24, 2.45) is 0 Å². The second kappa shape index (κ2) is 9.50. The average Bonchev–Trinajstić information content (AvgIpc) is 2.78. The summed E-state index contributed by atoms with van der Waals surface area (Å²) >= 11 is 0. The number of benzene rings is 2. The second-order valence-corrected chi connectivity index (χ2v) is 6.40. The van der Waals surface area contributed by atoms with E-state index in [2.05, 4.69) is 10.3 Å². The number of ether oxygens (including phenoxy) is 1. The molecule has 3 rings (SSSR count). The predicted molar refractivity (Wildman–Crippen MR) is 112 cm³/mol. The van der Waals surface area contributed by atoms with Crippen molar-refractivity contribution in [1.29, 1.82) is 0 Å². The van der Waals surface area contributed by atoms with Gasteiger partial charge in [-0.1, -0.05) is 42.5 Å². The van der Waals surface area contributed by atoms with Crippen LogP contribution in [0.25, 0.3) is 0 Å². The Kier molecular flexibility index (Phi) is 6.58. The van der Waals surface area contributed by atoms with Crippen molar-refractivity contribution in [3.05, 3.63) is 89.6 Å². The molecule has 0 radical (unpaired) electrons. The number of nitrogens with one attached hydrogen (secondary N) is 1. The maximum Gasteiger partial charge on any atom is 0.339 e. The van der Waals surface area contributed by atoms with Gasteiger partial charge in [-0.3, -0.25) is 4.79 Å². The lowest BCUT2D eigenvalue weighted by Crippen LogP contribution is -2.30. The molecule has 1 amide bonds. The van der Waals surface area contributed by atoms with E-state index in [1.165, 1.54) is 7.11 Å². The molecule has 0 unspecified atom stereocenters. The van der Waals surface area contributed by atoms with Gasteiger partial charge in [-0.15, -0.1) is 0 Å². The highest BCUT2D eigenvalue weighted by atomic mass is 16.5. The van der Waals surface area contributed by atoms with E-state index in [1.54, 1.807) is 41.4 Å². The Morgan fingerprint density at radius 3 is 2.38 bits per heavy atom. The Bertz CT molecular complexity index is 972. The summed E-state index contributed by atoms with van der Waals surface area (Å²) in [4.78, 5) is 30.8. The predicted octanol–water partition coefficient (Wildman–Crippen LogP) is 4.27. The van der Waals surface area contributed by atoms with Gasteiger partial charge >= 0.3 is 5.97 Å². The van der Waals surface area contributed by atoms with Gasteiger partial charge in [0.2, 0.25) is 0 Å². The molecule has 0 aliphatic rings. The minimum atomic E-state index is -0.431. The number of esters is 1. The van der Waals surface area contributed by atoms with Crippen LogP contribution in [0.15, 0.2) is 72.9 Å². The van der Waals surface area contributed by atoms with E-state index >= 15 is 0 Å². The summed E-state index contributed by atoms with van der Waals surface area (Å²) in [5.41, 5.74) is 2.59. The number of rotatable bonds is 7. The van der Waals surface area contributed by atoms with Crippen LogP contribution in [0.3, 0.4) is 0 Å². The zero-order valence-corrected chi connectivity index (χ0v) is 16.5. The standard InChI is InChI=1S/C23H23N3O3/c1-3-26(16-17-9-5-4-6-10-17)22(27)18-13-14-21(24-15-18)25-20-12-8-7-11-19(20)23(28)29-2/h4-15H,3,16H2,1-2H3,(H,24,25). The van der Waals surface area contributed by atoms with Crippen LogP contribution >= 0.6 is 0 Å². The molecule has 29 heavy (non-hydrogen) atoms. The number of para-hydroxylation sites is 1. The van der Waals surface area contributed by atoms with Gasteiger partial charge in [0.15, 0.2) is 0 Å². The van der Waals surface area contributed by atoms with Crippen molar-refractivity contribution in [1.82, 2.24) is 9.88 Å². The van der Waals surface area contributed by atoms with E-state index in [9.17, 15) is 9.59 Å². The van der Waals surface area contributed by atoms with Gasteiger partial charge in [-0.05, 0) is 36.8 Å². The van der Waals surface area contributed by atoms with Gasteiger partial charge in [0.1, 0.15) is 5.82 Å². The third-order valence-electron chi connectivity index (χ3n) is 4.49. The Morgan fingerprint density at radius 2 is 1.72 bits per heavy atom. The fourth-order valence-electron chi connectivity index (χ4n) is 2.93. The first kappa shape index (κ1) is 20.1. The second-order valence-electron chi connectivity index (χ2n) is 6.40. The summed E-state index contributed by atoms with van der Waals surface area (Å²) in [6, 6.07) is 20.3. The third-order valence-corrected chi connectivity index (χ3v) is 4.49. The molecule has 0 spiro atoms. The van der Waals surface area contributed by atoms with Gasteiger partial charge in [-0.2, -0.15) is 0 Å². The van der Waals surface area contributed by atoms with Crippen molar-refractivity contribution in [3.63, 3.8) is 0 Å². The Balaban J connectivity index is 1.73. The number of pyridine rings is 1. The molecule has 1 heterocycles. The number of hydrogen-bond donors (Lipinski definition) is 1. The Hall–Kier alpha value is -3.67. The maximum absolute atomic E-state index is 12.8. The fourth-order valence-corrected chi connectivity index (χ4v) is 2.93. The summed E-state index contributed by atoms with van der Waals surface area (Å²) in [5, 5.41) is 3.10. The molecule has 0 aliphatic heterocycles. The molecule has 0 fully saturated rings. The van der Waals surface area contributed by atoms with Crippen LogP contribution in [0.2, 0.25) is 0 Å². The Morgan fingerprint density at radius 1 is 1.00 bits per heavy atom. The lowest BCUT2D eigenvalue weighted by Gasteiger charge is -2.21. The van der Waals surface area contributed by atoms with Crippen LogP contribution in [0.5, 0.6) is 0 Å². The zero-order valence-electron chi connectivity index (χ0n) is 16.5. The summed E-state index contributed by atoms with van der Waals surface area (Å²) in [7, 11) is 1.34. The number of anilines is 2. The smallest absolute Gasteiger partial charge is 0.339 e. The SMILES string of the molecule is CCN(Cc1ccccc1)C(=O)c1ccc(Nc2ccccc2C(=O)OC)nc1. The number of aromatic nitrogens is 1. The van der Waals surface area contributed by atoms with Crippen molar-refractivity contribution in [2.75, 3.05) is 19.0 Å². The first-order valence-corrected chi connectivity index (χ1v) is 9.36. The van der Waals surface area contributed by atoms with Crippen molar-refractivity contribution in [2.45, 2.75) is 13.5 Å². The number of methoxy groups -OCH3 is 1. The van der Waals surface area contributed by atoms with Gasteiger partial charge in [0.25, 0.3) is 5.91 Å². The number of carbonyl (C=O) groups is 2. The van der Waals surface area contributed by atoms with E-state index in [0.717, 1.165) is 5.56 Å². The molecule has 148 valence electrons. The average molecular weight is 389 g/mol. The van der Waals surface area contributed by atoms with E-state index < -0.39 is 5.97 Å². The number of carbonyl (C=O) groups excluding carboxylic acids is 2. The monoisotopic (exact) mass is 389 g/mol. The summed E-state index contributed by atoms with van der Waals surface area (Å²) in [6.07, 6.45) is 1.54. The van der Waals surface area contributed by atoms with Crippen molar-refractivity contribution in [3.8, 4) is 0 Å². The van der Waals surface area contributed by atoms with E-state index in [0.29, 0.717) is 35.7 Å². The third kappa shape index (κ3) is 4.99.